The number of hydrogen-bond acceptors (Lipinski definition) is 6. The van der Waals surface area contributed by atoms with Gasteiger partial charge in [-0.3, -0.25) is 14.4 Å². The maximum atomic E-state index is 12.9. The van der Waals surface area contributed by atoms with E-state index in [9.17, 15) is 14.4 Å². The molecule has 0 heterocycles. The van der Waals surface area contributed by atoms with Gasteiger partial charge in [-0.2, -0.15) is 0 Å². The lowest BCUT2D eigenvalue weighted by Crippen LogP contribution is -2.30. The van der Waals surface area contributed by atoms with Gasteiger partial charge in [0.15, 0.2) is 6.10 Å². The average Bonchev–Trinajstić information content (AvgIpc) is 3.49. The largest absolute Gasteiger partial charge is 0.462 e. The van der Waals surface area contributed by atoms with Crippen molar-refractivity contribution in [3.8, 4) is 0 Å². The Hall–Kier alpha value is -3.93. The quantitative estimate of drug-likeness (QED) is 0.0261. The number of hydrogen-bond donors (Lipinski definition) is 0. The zero-order valence-corrected chi connectivity index (χ0v) is 54.7. The standard InChI is InChI=1S/C77H132O6/c1-4-7-10-13-16-19-22-25-27-29-31-32-33-34-35-36-37-38-39-40-41-42-43-44-46-47-49-52-55-58-61-64-67-70-76(79)82-73-74(72-81-75(78)69-66-63-60-57-54-51-24-21-18-15-12-9-6-3)83-77(80)71-68-65-62-59-56-53-50-48-45-30-28-26-23-20-17-14-11-8-5-2/h7,10,16-17,19-20,25-28,31-32,34-35,37-38,45,48,74H,4-6,8-9,11-15,18,21-24,29-30,33,36,39-44,46-47,49-73H2,1-3H3/b10-7-,19-16-,20-17-,27-25-,28-26-,32-31-,35-34-,38-37-,48-45-. The first kappa shape index (κ1) is 79.1. The van der Waals surface area contributed by atoms with Crippen molar-refractivity contribution < 1.29 is 28.6 Å². The highest BCUT2D eigenvalue weighted by Gasteiger charge is 2.19. The van der Waals surface area contributed by atoms with Crippen LogP contribution in [0, 0.1) is 0 Å². The van der Waals surface area contributed by atoms with E-state index in [1.54, 1.807) is 0 Å². The normalized spacial score (nSPS) is 12.8. The topological polar surface area (TPSA) is 78.9 Å². The summed E-state index contributed by atoms with van der Waals surface area (Å²) in [6.45, 7) is 6.52. The molecule has 0 aliphatic heterocycles. The van der Waals surface area contributed by atoms with Crippen LogP contribution >= 0.6 is 0 Å². The van der Waals surface area contributed by atoms with Crippen molar-refractivity contribution in [2.45, 2.75) is 348 Å². The minimum atomic E-state index is -0.785. The van der Waals surface area contributed by atoms with Gasteiger partial charge in [0.1, 0.15) is 13.2 Å². The van der Waals surface area contributed by atoms with Gasteiger partial charge < -0.3 is 14.2 Å². The number of carbonyl (C=O) groups is 3. The Kier molecular flexibility index (Phi) is 67.2. The molecule has 83 heavy (non-hydrogen) atoms. The number of allylic oxidation sites excluding steroid dienone is 18. The molecular weight excluding hydrogens is 1020 g/mol. The molecule has 0 rings (SSSR count). The van der Waals surface area contributed by atoms with Crippen molar-refractivity contribution >= 4 is 17.9 Å². The van der Waals surface area contributed by atoms with E-state index in [1.807, 2.05) is 0 Å². The maximum Gasteiger partial charge on any atom is 0.306 e. The fraction of sp³-hybridized carbons (Fsp3) is 0.727. The van der Waals surface area contributed by atoms with Crippen molar-refractivity contribution in [3.05, 3.63) is 109 Å². The van der Waals surface area contributed by atoms with Crippen LogP contribution in [0.2, 0.25) is 0 Å². The summed E-state index contributed by atoms with van der Waals surface area (Å²) in [5.74, 6) is -0.878. The highest BCUT2D eigenvalue weighted by atomic mass is 16.6. The summed E-state index contributed by atoms with van der Waals surface area (Å²) in [6, 6.07) is 0. The van der Waals surface area contributed by atoms with E-state index in [4.69, 9.17) is 14.2 Å². The Bertz CT molecular complexity index is 1660. The van der Waals surface area contributed by atoms with E-state index < -0.39 is 6.10 Å². The van der Waals surface area contributed by atoms with Crippen molar-refractivity contribution in [3.63, 3.8) is 0 Å². The van der Waals surface area contributed by atoms with Crippen LogP contribution in [0.25, 0.3) is 0 Å². The number of unbranched alkanes of at least 4 members (excludes halogenated alkanes) is 35. The molecule has 0 spiro atoms. The molecule has 1 unspecified atom stereocenters. The molecule has 0 aliphatic carbocycles. The molecule has 6 heteroatoms. The van der Waals surface area contributed by atoms with Gasteiger partial charge in [-0.15, -0.1) is 0 Å². The van der Waals surface area contributed by atoms with Crippen molar-refractivity contribution in [2.75, 3.05) is 13.2 Å². The third-order valence-corrected chi connectivity index (χ3v) is 15.3. The number of carbonyl (C=O) groups excluding carboxylic acids is 3. The Morgan fingerprint density at radius 2 is 0.470 bits per heavy atom. The second kappa shape index (κ2) is 70.6. The third-order valence-electron chi connectivity index (χ3n) is 15.3. The van der Waals surface area contributed by atoms with E-state index in [0.29, 0.717) is 19.3 Å². The first-order valence-electron chi connectivity index (χ1n) is 35.4. The maximum absolute atomic E-state index is 12.9. The number of esters is 3. The van der Waals surface area contributed by atoms with E-state index in [0.717, 1.165) is 122 Å². The molecule has 0 saturated heterocycles. The van der Waals surface area contributed by atoms with E-state index in [1.165, 1.54) is 180 Å². The molecule has 1 atom stereocenters. The first-order valence-corrected chi connectivity index (χ1v) is 35.4. The van der Waals surface area contributed by atoms with E-state index >= 15 is 0 Å². The molecule has 0 saturated carbocycles. The molecule has 0 aromatic rings. The summed E-state index contributed by atoms with van der Waals surface area (Å²) in [6.07, 6.45) is 96.8. The molecule has 0 bridgehead atoms. The van der Waals surface area contributed by atoms with Crippen LogP contribution in [0.4, 0.5) is 0 Å². The molecule has 0 aromatic carbocycles. The van der Waals surface area contributed by atoms with Crippen molar-refractivity contribution in [1.82, 2.24) is 0 Å². The van der Waals surface area contributed by atoms with Crippen LogP contribution in [0.1, 0.15) is 342 Å². The van der Waals surface area contributed by atoms with Crippen molar-refractivity contribution in [2.24, 2.45) is 0 Å². The lowest BCUT2D eigenvalue weighted by molar-refractivity contribution is -0.167. The lowest BCUT2D eigenvalue weighted by Gasteiger charge is -2.18. The number of ether oxygens (including phenoxy) is 3. The van der Waals surface area contributed by atoms with Gasteiger partial charge in [-0.05, 0) is 109 Å². The smallest absolute Gasteiger partial charge is 0.306 e. The molecule has 0 aliphatic rings. The highest BCUT2D eigenvalue weighted by Crippen LogP contribution is 2.17. The Morgan fingerprint density at radius 1 is 0.253 bits per heavy atom. The molecule has 0 aromatic heterocycles. The van der Waals surface area contributed by atoms with Gasteiger partial charge in [-0.25, -0.2) is 0 Å². The summed E-state index contributed by atoms with van der Waals surface area (Å²) in [5.41, 5.74) is 0. The summed E-state index contributed by atoms with van der Waals surface area (Å²) >= 11 is 0. The molecule has 476 valence electrons. The minimum absolute atomic E-state index is 0.0795. The Labute approximate surface area is 514 Å². The van der Waals surface area contributed by atoms with Gasteiger partial charge in [0.05, 0.1) is 0 Å². The van der Waals surface area contributed by atoms with Gasteiger partial charge in [-0.1, -0.05) is 323 Å². The summed E-state index contributed by atoms with van der Waals surface area (Å²) in [4.78, 5) is 38.4. The van der Waals surface area contributed by atoms with Crippen LogP contribution in [0.5, 0.6) is 0 Å². The van der Waals surface area contributed by atoms with Gasteiger partial charge in [0, 0.05) is 19.3 Å². The molecule has 6 nitrogen and oxygen atoms in total. The van der Waals surface area contributed by atoms with E-state index in [-0.39, 0.29) is 31.1 Å². The monoisotopic (exact) mass is 1150 g/mol. The SMILES string of the molecule is CC/C=C\C/C=C\C/C=C\C/C=C\C/C=C\C/C=C\CCCCCCCCCCCCCCCCC(=O)OCC(COC(=O)CCCCCCCCCCCCCCC)OC(=O)CCCCCCCC/C=C\C/C=C\C/C=C\CCCCC. The van der Waals surface area contributed by atoms with Crippen LogP contribution in [-0.2, 0) is 28.6 Å². The lowest BCUT2D eigenvalue weighted by atomic mass is 10.0. The predicted octanol–water partition coefficient (Wildman–Crippen LogP) is 24.6. The van der Waals surface area contributed by atoms with Gasteiger partial charge in [0.2, 0.25) is 0 Å². The van der Waals surface area contributed by atoms with Gasteiger partial charge in [0.25, 0.3) is 0 Å². The molecule has 0 amide bonds. The van der Waals surface area contributed by atoms with Crippen LogP contribution in [0.15, 0.2) is 109 Å². The first-order chi connectivity index (χ1) is 41.0. The van der Waals surface area contributed by atoms with Crippen LogP contribution in [0.3, 0.4) is 0 Å². The van der Waals surface area contributed by atoms with Gasteiger partial charge >= 0.3 is 17.9 Å². The van der Waals surface area contributed by atoms with E-state index in [2.05, 4.69) is 130 Å². The van der Waals surface area contributed by atoms with Crippen molar-refractivity contribution in [1.29, 1.82) is 0 Å². The summed E-state index contributed by atoms with van der Waals surface area (Å²) in [7, 11) is 0. The number of rotatable bonds is 64. The summed E-state index contributed by atoms with van der Waals surface area (Å²) < 4.78 is 17.0. The predicted molar refractivity (Wildman–Crippen MR) is 362 cm³/mol. The average molecular weight is 1150 g/mol. The highest BCUT2D eigenvalue weighted by molar-refractivity contribution is 5.71. The minimum Gasteiger partial charge on any atom is -0.462 e. The second-order valence-corrected chi connectivity index (χ2v) is 23.4. The molecule has 0 fully saturated rings. The van der Waals surface area contributed by atoms with Crippen LogP contribution < -0.4 is 0 Å². The molecule has 0 N–H and O–H groups in total. The second-order valence-electron chi connectivity index (χ2n) is 23.4. The Morgan fingerprint density at radius 3 is 0.759 bits per heavy atom. The zero-order chi connectivity index (χ0) is 59.9. The Balaban J connectivity index is 4.23. The molecule has 0 radical (unpaired) electrons. The third kappa shape index (κ3) is 68.7. The fourth-order valence-corrected chi connectivity index (χ4v) is 9.99. The molecular formula is C77H132O6. The zero-order valence-electron chi connectivity index (χ0n) is 54.7. The summed E-state index contributed by atoms with van der Waals surface area (Å²) in [5, 5.41) is 0. The van der Waals surface area contributed by atoms with Crippen LogP contribution in [-0.4, -0.2) is 37.2 Å². The fourth-order valence-electron chi connectivity index (χ4n) is 9.99.